The Morgan fingerprint density at radius 1 is 1.13 bits per heavy atom. The first kappa shape index (κ1) is 22.3. The number of hydrogen-bond donors (Lipinski definition) is 2. The first-order valence-corrected chi connectivity index (χ1v) is 10.3. The molecule has 162 valence electrons. The molecule has 2 aromatic carbocycles. The summed E-state index contributed by atoms with van der Waals surface area (Å²) in [6.07, 6.45) is 0. The van der Waals surface area contributed by atoms with Crippen molar-refractivity contribution in [3.63, 3.8) is 0 Å². The van der Waals surface area contributed by atoms with E-state index in [-0.39, 0.29) is 25.1 Å². The molecule has 1 heterocycles. The first-order valence-electron chi connectivity index (χ1n) is 9.90. The molecule has 31 heavy (non-hydrogen) atoms. The highest BCUT2D eigenvalue weighted by Gasteiger charge is 2.33. The highest BCUT2D eigenvalue weighted by molar-refractivity contribution is 7.80. The third-order valence-corrected chi connectivity index (χ3v) is 5.28. The summed E-state index contributed by atoms with van der Waals surface area (Å²) in [5.74, 6) is -0.0219. The summed E-state index contributed by atoms with van der Waals surface area (Å²) in [6.45, 7) is 3.80. The van der Waals surface area contributed by atoms with Crippen molar-refractivity contribution in [3.8, 4) is 5.75 Å². The van der Waals surface area contributed by atoms with Crippen molar-refractivity contribution in [1.29, 1.82) is 0 Å². The molecule has 1 unspecified atom stereocenters. The van der Waals surface area contributed by atoms with Crippen molar-refractivity contribution in [2.45, 2.75) is 19.9 Å². The first-order chi connectivity index (χ1) is 14.9. The lowest BCUT2D eigenvalue weighted by atomic mass is 9.95. The normalized spacial score (nSPS) is 15.9. The van der Waals surface area contributed by atoms with Crippen molar-refractivity contribution >= 4 is 34.9 Å². The maximum atomic E-state index is 12.6. The van der Waals surface area contributed by atoms with Crippen LogP contribution in [0, 0.1) is 0 Å². The van der Waals surface area contributed by atoms with Crippen molar-refractivity contribution in [2.75, 3.05) is 25.6 Å². The second-order valence-corrected chi connectivity index (χ2v) is 7.32. The Morgan fingerprint density at radius 3 is 2.45 bits per heavy atom. The molecule has 8 heteroatoms. The molecule has 0 bridgehead atoms. The fourth-order valence-electron chi connectivity index (χ4n) is 3.18. The number of carbonyl (C=O) groups is 2. The minimum atomic E-state index is -0.436. The summed E-state index contributed by atoms with van der Waals surface area (Å²) >= 11 is 5.40. The van der Waals surface area contributed by atoms with Gasteiger partial charge >= 0.3 is 5.97 Å². The Morgan fingerprint density at radius 2 is 1.81 bits per heavy atom. The average Bonchev–Trinajstić information content (AvgIpc) is 2.77. The van der Waals surface area contributed by atoms with E-state index in [0.717, 1.165) is 11.3 Å². The number of thiocarbonyl (C=S) groups is 1. The molecule has 0 aliphatic carbocycles. The number of nitrogens with one attached hydrogen (secondary N) is 2. The van der Waals surface area contributed by atoms with Crippen LogP contribution in [0.1, 0.15) is 25.5 Å². The molecule has 1 amide bonds. The van der Waals surface area contributed by atoms with E-state index in [0.29, 0.717) is 22.1 Å². The number of hydrogen-bond acceptors (Lipinski definition) is 5. The van der Waals surface area contributed by atoms with Crippen LogP contribution >= 0.6 is 12.2 Å². The number of carbonyl (C=O) groups excluding carboxylic acids is 2. The summed E-state index contributed by atoms with van der Waals surface area (Å²) in [5.41, 5.74) is 2.70. The summed E-state index contributed by atoms with van der Waals surface area (Å²) in [4.78, 5) is 26.5. The Labute approximate surface area is 187 Å². The molecule has 0 aromatic heterocycles. The third kappa shape index (κ3) is 5.40. The lowest BCUT2D eigenvalue weighted by Gasteiger charge is -2.35. The number of nitrogens with zero attached hydrogens (tertiary/aromatic N) is 1. The quantitative estimate of drug-likeness (QED) is 0.506. The van der Waals surface area contributed by atoms with Gasteiger partial charge in [-0.3, -0.25) is 4.79 Å². The van der Waals surface area contributed by atoms with Gasteiger partial charge in [0.15, 0.2) is 11.7 Å². The number of esters is 1. The smallest absolute Gasteiger partial charge is 0.338 e. The van der Waals surface area contributed by atoms with Gasteiger partial charge in [0.25, 0.3) is 5.91 Å². The predicted molar refractivity (Wildman–Crippen MR) is 123 cm³/mol. The molecule has 0 saturated carbocycles. The van der Waals surface area contributed by atoms with E-state index in [9.17, 15) is 9.59 Å². The monoisotopic (exact) mass is 439 g/mol. The maximum absolute atomic E-state index is 12.6. The van der Waals surface area contributed by atoms with E-state index < -0.39 is 6.04 Å². The Kier molecular flexibility index (Phi) is 7.25. The summed E-state index contributed by atoms with van der Waals surface area (Å²) in [5, 5.41) is 6.51. The summed E-state index contributed by atoms with van der Waals surface area (Å²) in [6, 6.07) is 15.9. The molecular formula is C23H25N3O4S. The predicted octanol–water partition coefficient (Wildman–Crippen LogP) is 3.40. The van der Waals surface area contributed by atoms with Gasteiger partial charge in [-0.25, -0.2) is 4.79 Å². The highest BCUT2D eigenvalue weighted by atomic mass is 32.1. The zero-order chi connectivity index (χ0) is 22.4. The van der Waals surface area contributed by atoms with Crippen LogP contribution in [0.4, 0.5) is 5.69 Å². The Bertz CT molecular complexity index is 990. The minimum Gasteiger partial charge on any atom is -0.484 e. The van der Waals surface area contributed by atoms with Crippen LogP contribution < -0.4 is 15.4 Å². The number of rotatable bonds is 7. The van der Waals surface area contributed by atoms with Gasteiger partial charge in [0.2, 0.25) is 0 Å². The zero-order valence-electron chi connectivity index (χ0n) is 17.7. The van der Waals surface area contributed by atoms with E-state index in [4.69, 9.17) is 21.7 Å². The van der Waals surface area contributed by atoms with Gasteiger partial charge in [0.05, 0.1) is 18.2 Å². The summed E-state index contributed by atoms with van der Waals surface area (Å²) in [7, 11) is 1.80. The van der Waals surface area contributed by atoms with Crippen LogP contribution in [0.15, 0.2) is 65.9 Å². The van der Waals surface area contributed by atoms with Crippen molar-refractivity contribution in [2.24, 2.45) is 0 Å². The molecule has 0 spiro atoms. The van der Waals surface area contributed by atoms with Crippen molar-refractivity contribution < 1.29 is 19.1 Å². The molecular weight excluding hydrogens is 414 g/mol. The zero-order valence-corrected chi connectivity index (χ0v) is 18.5. The number of amides is 1. The SMILES string of the molecule is CCOC(=O)C1=C(C)N(C)C(=S)NC1c1ccc(NC(=O)COc2ccccc2)cc1. The number of allylic oxidation sites excluding steroid dienone is 1. The molecule has 1 aliphatic heterocycles. The minimum absolute atomic E-state index is 0.0918. The van der Waals surface area contributed by atoms with Gasteiger partial charge in [0.1, 0.15) is 5.75 Å². The standard InChI is InChI=1S/C23H25N3O4S/c1-4-29-22(28)20-15(2)26(3)23(31)25-21(20)16-10-12-17(13-11-16)24-19(27)14-30-18-8-6-5-7-9-18/h5-13,21H,4,14H2,1-3H3,(H,24,27)(H,25,31). The number of benzene rings is 2. The van der Waals surface area contributed by atoms with Gasteiger partial charge in [0, 0.05) is 18.4 Å². The second-order valence-electron chi connectivity index (χ2n) is 6.93. The van der Waals surface area contributed by atoms with Crippen LogP contribution in [-0.2, 0) is 14.3 Å². The van der Waals surface area contributed by atoms with Crippen LogP contribution in [0.2, 0.25) is 0 Å². The molecule has 2 aromatic rings. The maximum Gasteiger partial charge on any atom is 0.338 e. The lowest BCUT2D eigenvalue weighted by Crippen LogP contribution is -2.46. The fraction of sp³-hybridized carbons (Fsp3) is 0.261. The number of ether oxygens (including phenoxy) is 2. The van der Waals surface area contributed by atoms with Gasteiger partial charge in [-0.1, -0.05) is 30.3 Å². The van der Waals surface area contributed by atoms with Crippen LogP contribution in [-0.4, -0.2) is 42.2 Å². The topological polar surface area (TPSA) is 79.9 Å². The molecule has 0 saturated heterocycles. The van der Waals surface area contributed by atoms with E-state index in [1.165, 1.54) is 0 Å². The lowest BCUT2D eigenvalue weighted by molar-refractivity contribution is -0.139. The van der Waals surface area contributed by atoms with Crippen LogP contribution in [0.5, 0.6) is 5.75 Å². The van der Waals surface area contributed by atoms with Crippen molar-refractivity contribution in [3.05, 3.63) is 71.4 Å². The van der Waals surface area contributed by atoms with Crippen molar-refractivity contribution in [1.82, 2.24) is 10.2 Å². The van der Waals surface area contributed by atoms with E-state index in [1.54, 1.807) is 43.1 Å². The average molecular weight is 440 g/mol. The molecule has 1 aliphatic rings. The van der Waals surface area contributed by atoms with E-state index in [2.05, 4.69) is 10.6 Å². The largest absolute Gasteiger partial charge is 0.484 e. The molecule has 7 nitrogen and oxygen atoms in total. The fourth-order valence-corrected chi connectivity index (χ4v) is 3.44. The Balaban J connectivity index is 1.71. The van der Waals surface area contributed by atoms with Crippen LogP contribution in [0.25, 0.3) is 0 Å². The number of anilines is 1. The number of para-hydroxylation sites is 1. The third-order valence-electron chi connectivity index (χ3n) is 4.89. The van der Waals surface area contributed by atoms with Crippen LogP contribution in [0.3, 0.4) is 0 Å². The van der Waals surface area contributed by atoms with E-state index in [1.807, 2.05) is 37.3 Å². The highest BCUT2D eigenvalue weighted by Crippen LogP contribution is 2.31. The molecule has 0 radical (unpaired) electrons. The molecule has 0 fully saturated rings. The van der Waals surface area contributed by atoms with Gasteiger partial charge in [-0.05, 0) is 55.9 Å². The second kappa shape index (κ2) is 10.1. The van der Waals surface area contributed by atoms with Gasteiger partial charge < -0.3 is 25.0 Å². The summed E-state index contributed by atoms with van der Waals surface area (Å²) < 4.78 is 10.7. The Hall–Kier alpha value is -3.39. The molecule has 1 atom stereocenters. The molecule has 2 N–H and O–H groups in total. The van der Waals surface area contributed by atoms with Gasteiger partial charge in [-0.2, -0.15) is 0 Å². The molecule has 3 rings (SSSR count). The van der Waals surface area contributed by atoms with E-state index >= 15 is 0 Å². The van der Waals surface area contributed by atoms with Gasteiger partial charge in [-0.15, -0.1) is 0 Å².